The number of carbonyl (C=O) groups is 2. The van der Waals surface area contributed by atoms with Crippen LogP contribution in [-0.2, 0) is 16.0 Å². The summed E-state index contributed by atoms with van der Waals surface area (Å²) in [5, 5.41) is 15.3. The van der Waals surface area contributed by atoms with Gasteiger partial charge in [-0.2, -0.15) is 0 Å². The van der Waals surface area contributed by atoms with Gasteiger partial charge in [0.15, 0.2) is 0 Å². The first-order valence-corrected chi connectivity index (χ1v) is 9.64. The number of ether oxygens (including phenoxy) is 1. The normalized spacial score (nSPS) is 16.8. The number of benzene rings is 1. The third-order valence-corrected chi connectivity index (χ3v) is 4.75. The van der Waals surface area contributed by atoms with Gasteiger partial charge in [0.05, 0.1) is 12.6 Å². The van der Waals surface area contributed by atoms with E-state index in [0.29, 0.717) is 6.42 Å². The molecule has 0 saturated heterocycles. The molecule has 150 valence electrons. The van der Waals surface area contributed by atoms with Crippen molar-refractivity contribution in [3.63, 3.8) is 0 Å². The first kappa shape index (κ1) is 21.2. The Morgan fingerprint density at radius 1 is 1.19 bits per heavy atom. The van der Waals surface area contributed by atoms with E-state index < -0.39 is 23.8 Å². The number of hydrogen-bond donors (Lipinski definition) is 3. The van der Waals surface area contributed by atoms with Gasteiger partial charge in [0, 0.05) is 0 Å². The van der Waals surface area contributed by atoms with Crippen LogP contribution in [0.15, 0.2) is 24.3 Å². The lowest BCUT2D eigenvalue weighted by molar-refractivity contribution is -0.126. The van der Waals surface area contributed by atoms with Crippen molar-refractivity contribution >= 4 is 12.0 Å². The third kappa shape index (κ3) is 6.86. The summed E-state index contributed by atoms with van der Waals surface area (Å²) >= 11 is 0. The maximum Gasteiger partial charge on any atom is 0.408 e. The van der Waals surface area contributed by atoms with Crippen LogP contribution < -0.4 is 10.6 Å². The monoisotopic (exact) mass is 376 g/mol. The van der Waals surface area contributed by atoms with Gasteiger partial charge in [-0.1, -0.05) is 36.2 Å². The molecule has 1 aromatic carbocycles. The number of hydrogen-bond acceptors (Lipinski definition) is 4. The van der Waals surface area contributed by atoms with Crippen LogP contribution in [0, 0.1) is 12.8 Å². The average Bonchev–Trinajstić information content (AvgIpc) is 2.52. The van der Waals surface area contributed by atoms with Crippen molar-refractivity contribution in [1.29, 1.82) is 0 Å². The average molecular weight is 376 g/mol. The maximum absolute atomic E-state index is 12.8. The van der Waals surface area contributed by atoms with Gasteiger partial charge in [-0.05, 0) is 58.4 Å². The largest absolute Gasteiger partial charge is 0.444 e. The van der Waals surface area contributed by atoms with Crippen molar-refractivity contribution in [2.24, 2.45) is 5.92 Å². The number of aryl methyl sites for hydroxylation is 1. The Morgan fingerprint density at radius 3 is 2.30 bits per heavy atom. The molecule has 6 heteroatoms. The Hall–Kier alpha value is -2.08. The van der Waals surface area contributed by atoms with E-state index in [1.54, 1.807) is 20.8 Å². The molecule has 1 saturated carbocycles. The molecule has 1 aliphatic carbocycles. The van der Waals surface area contributed by atoms with Gasteiger partial charge in [0.25, 0.3) is 0 Å². The number of rotatable bonds is 7. The Balaban J connectivity index is 1.98. The van der Waals surface area contributed by atoms with Crippen LogP contribution >= 0.6 is 0 Å². The second kappa shape index (κ2) is 9.22. The fourth-order valence-electron chi connectivity index (χ4n) is 3.07. The van der Waals surface area contributed by atoms with E-state index in [4.69, 9.17) is 4.74 Å². The lowest BCUT2D eigenvalue weighted by atomic mass is 9.79. The number of carbonyl (C=O) groups excluding carboxylic acids is 2. The van der Waals surface area contributed by atoms with Crippen LogP contribution in [-0.4, -0.2) is 41.4 Å². The molecule has 2 rings (SSSR count). The van der Waals surface area contributed by atoms with Gasteiger partial charge in [-0.25, -0.2) is 4.79 Å². The summed E-state index contributed by atoms with van der Waals surface area (Å²) in [6.45, 7) is 7.21. The molecule has 0 aliphatic heterocycles. The topological polar surface area (TPSA) is 87.7 Å². The lowest BCUT2D eigenvalue weighted by Crippen LogP contribution is -2.56. The van der Waals surface area contributed by atoms with Crippen LogP contribution in [0.2, 0.25) is 0 Å². The smallest absolute Gasteiger partial charge is 0.408 e. The predicted molar refractivity (Wildman–Crippen MR) is 104 cm³/mol. The summed E-state index contributed by atoms with van der Waals surface area (Å²) in [5.41, 5.74) is 1.58. The van der Waals surface area contributed by atoms with E-state index in [1.165, 1.54) is 0 Å². The standard InChI is InChI=1S/C21H32N2O4/c1-14-8-10-15(11-9-14)12-17(13-24)22-19(25)18(16-6-5-7-16)23-20(26)27-21(2,3)4/h8-11,16-18,24H,5-7,12-13H2,1-4H3,(H,22,25)(H,23,26). The summed E-state index contributed by atoms with van der Waals surface area (Å²) in [5.74, 6) is -0.159. The quantitative estimate of drug-likeness (QED) is 0.683. The molecular formula is C21H32N2O4. The van der Waals surface area contributed by atoms with Crippen molar-refractivity contribution < 1.29 is 19.4 Å². The highest BCUT2D eigenvalue weighted by Gasteiger charge is 2.35. The zero-order chi connectivity index (χ0) is 20.0. The molecule has 2 unspecified atom stereocenters. The van der Waals surface area contributed by atoms with Gasteiger partial charge >= 0.3 is 6.09 Å². The number of aliphatic hydroxyl groups is 1. The fraction of sp³-hybridized carbons (Fsp3) is 0.619. The Kier molecular flexibility index (Phi) is 7.25. The van der Waals surface area contributed by atoms with E-state index in [1.807, 2.05) is 31.2 Å². The lowest BCUT2D eigenvalue weighted by Gasteiger charge is -2.34. The molecule has 0 aromatic heterocycles. The minimum Gasteiger partial charge on any atom is -0.444 e. The zero-order valence-electron chi connectivity index (χ0n) is 16.7. The summed E-state index contributed by atoms with van der Waals surface area (Å²) in [7, 11) is 0. The second-order valence-corrected chi connectivity index (χ2v) is 8.39. The highest BCUT2D eigenvalue weighted by molar-refractivity contribution is 5.86. The molecule has 0 bridgehead atoms. The number of nitrogens with one attached hydrogen (secondary N) is 2. The second-order valence-electron chi connectivity index (χ2n) is 8.39. The van der Waals surface area contributed by atoms with E-state index in [0.717, 1.165) is 30.4 Å². The number of alkyl carbamates (subject to hydrolysis) is 1. The maximum atomic E-state index is 12.8. The minimum atomic E-state index is -0.638. The molecule has 1 fully saturated rings. The highest BCUT2D eigenvalue weighted by atomic mass is 16.6. The van der Waals surface area contributed by atoms with Gasteiger partial charge in [0.1, 0.15) is 11.6 Å². The molecule has 2 atom stereocenters. The van der Waals surface area contributed by atoms with E-state index >= 15 is 0 Å². The molecule has 1 aromatic rings. The number of amides is 2. The van der Waals surface area contributed by atoms with E-state index in [-0.39, 0.29) is 18.4 Å². The molecule has 6 nitrogen and oxygen atoms in total. The molecule has 27 heavy (non-hydrogen) atoms. The molecule has 0 radical (unpaired) electrons. The Morgan fingerprint density at radius 2 is 1.81 bits per heavy atom. The van der Waals surface area contributed by atoms with Gasteiger partial charge in [-0.15, -0.1) is 0 Å². The predicted octanol–water partition coefficient (Wildman–Crippen LogP) is 2.71. The van der Waals surface area contributed by atoms with Crippen LogP contribution in [0.1, 0.15) is 51.2 Å². The minimum absolute atomic E-state index is 0.108. The van der Waals surface area contributed by atoms with E-state index in [9.17, 15) is 14.7 Å². The van der Waals surface area contributed by atoms with E-state index in [2.05, 4.69) is 10.6 Å². The molecule has 1 aliphatic rings. The van der Waals surface area contributed by atoms with Crippen molar-refractivity contribution in [2.45, 2.75) is 71.1 Å². The summed E-state index contributed by atoms with van der Waals surface area (Å²) in [6.07, 6.45) is 2.79. The fourth-order valence-corrected chi connectivity index (χ4v) is 3.07. The van der Waals surface area contributed by atoms with Crippen LogP contribution in [0.4, 0.5) is 4.79 Å². The van der Waals surface area contributed by atoms with Crippen molar-refractivity contribution in [3.8, 4) is 0 Å². The first-order chi connectivity index (χ1) is 12.7. The van der Waals surface area contributed by atoms with Crippen LogP contribution in [0.3, 0.4) is 0 Å². The molecule has 0 heterocycles. The van der Waals surface area contributed by atoms with Gasteiger partial charge < -0.3 is 20.5 Å². The molecule has 3 N–H and O–H groups in total. The SMILES string of the molecule is Cc1ccc(CC(CO)NC(=O)C(NC(=O)OC(C)(C)C)C2CCC2)cc1. The van der Waals surface area contributed by atoms with Gasteiger partial charge in [-0.3, -0.25) is 4.79 Å². The molecule has 2 amide bonds. The summed E-state index contributed by atoms with van der Waals surface area (Å²) in [4.78, 5) is 24.9. The Labute approximate surface area is 161 Å². The first-order valence-electron chi connectivity index (χ1n) is 9.64. The van der Waals surface area contributed by atoms with Crippen LogP contribution in [0.5, 0.6) is 0 Å². The van der Waals surface area contributed by atoms with Crippen LogP contribution in [0.25, 0.3) is 0 Å². The Bertz CT molecular complexity index is 633. The zero-order valence-corrected chi connectivity index (χ0v) is 16.7. The van der Waals surface area contributed by atoms with Crippen molar-refractivity contribution in [2.75, 3.05) is 6.61 Å². The molecule has 0 spiro atoms. The third-order valence-electron chi connectivity index (χ3n) is 4.75. The van der Waals surface area contributed by atoms with Crippen molar-refractivity contribution in [1.82, 2.24) is 10.6 Å². The van der Waals surface area contributed by atoms with Crippen molar-refractivity contribution in [3.05, 3.63) is 35.4 Å². The number of aliphatic hydroxyl groups excluding tert-OH is 1. The summed E-state index contributed by atoms with van der Waals surface area (Å²) < 4.78 is 5.30. The molecular weight excluding hydrogens is 344 g/mol. The van der Waals surface area contributed by atoms with Gasteiger partial charge in [0.2, 0.25) is 5.91 Å². The highest BCUT2D eigenvalue weighted by Crippen LogP contribution is 2.30. The summed E-state index contributed by atoms with van der Waals surface area (Å²) in [6, 6.07) is 6.96.